The molecule has 1 aliphatic heterocycles. The molecular weight excluding hydrogens is 524 g/mol. The Kier molecular flexibility index (Phi) is 9.44. The summed E-state index contributed by atoms with van der Waals surface area (Å²) in [4.78, 5) is 26.4. The molecule has 1 aliphatic carbocycles. The predicted octanol–water partition coefficient (Wildman–Crippen LogP) is 4.17. The first-order valence-corrected chi connectivity index (χ1v) is 15.4. The van der Waals surface area contributed by atoms with Crippen molar-refractivity contribution in [3.05, 3.63) is 70.8 Å². The number of benzene rings is 2. The Balaban J connectivity index is 1.37. The fourth-order valence-corrected chi connectivity index (χ4v) is 7.25. The zero-order valence-electron chi connectivity index (χ0n) is 23.4. The Labute approximate surface area is 237 Å². The Morgan fingerprint density at radius 3 is 2.52 bits per heavy atom. The van der Waals surface area contributed by atoms with Gasteiger partial charge in [-0.25, -0.2) is 8.42 Å². The Morgan fingerprint density at radius 2 is 1.80 bits per heavy atom. The maximum Gasteiger partial charge on any atom is 0.244 e. The third-order valence-electron chi connectivity index (χ3n) is 7.75. The number of rotatable bonds is 9. The minimum atomic E-state index is -3.83. The third-order valence-corrected chi connectivity index (χ3v) is 9.70. The van der Waals surface area contributed by atoms with Crippen molar-refractivity contribution in [3.8, 4) is 6.07 Å². The van der Waals surface area contributed by atoms with E-state index in [4.69, 9.17) is 0 Å². The van der Waals surface area contributed by atoms with E-state index < -0.39 is 16.1 Å². The summed E-state index contributed by atoms with van der Waals surface area (Å²) in [6.07, 6.45) is 3.17. The highest BCUT2D eigenvalue weighted by Crippen LogP contribution is 2.33. The molecule has 4 rings (SSSR count). The molecule has 9 heteroatoms. The van der Waals surface area contributed by atoms with Gasteiger partial charge in [-0.3, -0.25) is 9.59 Å². The van der Waals surface area contributed by atoms with Gasteiger partial charge in [-0.2, -0.15) is 9.57 Å². The molecular formula is C31H38N4O4S. The average Bonchev–Trinajstić information content (AvgIpc) is 3.07. The summed E-state index contributed by atoms with van der Waals surface area (Å²) >= 11 is 0. The Hall–Kier alpha value is -3.48. The molecule has 2 N–H and O–H groups in total. The van der Waals surface area contributed by atoms with Crippen LogP contribution < -0.4 is 10.6 Å². The molecule has 212 valence electrons. The first-order chi connectivity index (χ1) is 19.1. The van der Waals surface area contributed by atoms with Crippen LogP contribution in [0, 0.1) is 17.2 Å². The SMILES string of the molecule is CC1=C(CC(=O)N[C@@H](CC(C)C)C(=O)N[C@@H]2CCCN(S(=O)(=O)c3ccccc3C#N)CC2)Cc2ccccc21. The lowest BCUT2D eigenvalue weighted by atomic mass is 10.0. The topological polar surface area (TPSA) is 119 Å². The molecule has 1 fully saturated rings. The second-order valence-electron chi connectivity index (χ2n) is 11.1. The van der Waals surface area contributed by atoms with E-state index in [1.807, 2.05) is 39.0 Å². The van der Waals surface area contributed by atoms with Crippen molar-refractivity contribution in [1.29, 1.82) is 5.26 Å². The summed E-state index contributed by atoms with van der Waals surface area (Å²) in [5, 5.41) is 15.4. The van der Waals surface area contributed by atoms with Crippen LogP contribution in [0.4, 0.5) is 0 Å². The van der Waals surface area contributed by atoms with Gasteiger partial charge in [0.2, 0.25) is 21.8 Å². The van der Waals surface area contributed by atoms with E-state index in [-0.39, 0.29) is 47.2 Å². The highest BCUT2D eigenvalue weighted by Gasteiger charge is 2.31. The predicted molar refractivity (Wildman–Crippen MR) is 154 cm³/mol. The van der Waals surface area contributed by atoms with Gasteiger partial charge in [0.05, 0.1) is 10.5 Å². The van der Waals surface area contributed by atoms with Crippen LogP contribution in [-0.4, -0.2) is 49.7 Å². The molecule has 0 spiro atoms. The van der Waals surface area contributed by atoms with Gasteiger partial charge in [0.25, 0.3) is 0 Å². The van der Waals surface area contributed by atoms with Crippen LogP contribution in [0.2, 0.25) is 0 Å². The molecule has 8 nitrogen and oxygen atoms in total. The van der Waals surface area contributed by atoms with Crippen molar-refractivity contribution in [1.82, 2.24) is 14.9 Å². The number of hydrogen-bond acceptors (Lipinski definition) is 5. The fourth-order valence-electron chi connectivity index (χ4n) is 5.61. The second kappa shape index (κ2) is 12.8. The van der Waals surface area contributed by atoms with Crippen LogP contribution in [-0.2, 0) is 26.0 Å². The minimum Gasteiger partial charge on any atom is -0.352 e. The second-order valence-corrected chi connectivity index (χ2v) is 13.0. The van der Waals surface area contributed by atoms with E-state index in [1.165, 1.54) is 27.6 Å². The molecule has 2 aromatic rings. The molecule has 40 heavy (non-hydrogen) atoms. The van der Waals surface area contributed by atoms with E-state index in [0.717, 1.165) is 17.6 Å². The highest BCUT2D eigenvalue weighted by atomic mass is 32.2. The number of amides is 2. The quantitative estimate of drug-likeness (QED) is 0.476. The summed E-state index contributed by atoms with van der Waals surface area (Å²) in [5.41, 5.74) is 4.73. The average molecular weight is 563 g/mol. The van der Waals surface area contributed by atoms with Crippen molar-refractivity contribution in [2.24, 2.45) is 5.92 Å². The number of carbonyl (C=O) groups is 2. The van der Waals surface area contributed by atoms with E-state index in [1.54, 1.807) is 12.1 Å². The number of carbonyl (C=O) groups excluding carboxylic acids is 2. The molecule has 0 unspecified atom stereocenters. The van der Waals surface area contributed by atoms with Crippen LogP contribution in [0.1, 0.15) is 69.6 Å². The lowest BCUT2D eigenvalue weighted by Crippen LogP contribution is -2.50. The molecule has 1 saturated heterocycles. The zero-order chi connectivity index (χ0) is 28.9. The van der Waals surface area contributed by atoms with Crippen molar-refractivity contribution in [2.75, 3.05) is 13.1 Å². The Morgan fingerprint density at radius 1 is 1.07 bits per heavy atom. The molecule has 2 aromatic carbocycles. The smallest absolute Gasteiger partial charge is 0.244 e. The number of nitriles is 1. The van der Waals surface area contributed by atoms with Crippen molar-refractivity contribution in [2.45, 2.75) is 76.3 Å². The highest BCUT2D eigenvalue weighted by molar-refractivity contribution is 7.89. The number of sulfonamides is 1. The number of hydrogen-bond donors (Lipinski definition) is 2. The monoisotopic (exact) mass is 562 g/mol. The van der Waals surface area contributed by atoms with Crippen LogP contribution in [0.15, 0.2) is 59.0 Å². The van der Waals surface area contributed by atoms with Gasteiger partial charge in [-0.1, -0.05) is 55.8 Å². The van der Waals surface area contributed by atoms with E-state index in [0.29, 0.717) is 32.2 Å². The number of nitrogens with one attached hydrogen (secondary N) is 2. The lowest BCUT2D eigenvalue weighted by molar-refractivity contribution is -0.129. The van der Waals surface area contributed by atoms with Crippen LogP contribution in [0.5, 0.6) is 0 Å². The van der Waals surface area contributed by atoms with Gasteiger partial charge < -0.3 is 10.6 Å². The summed E-state index contributed by atoms with van der Waals surface area (Å²) in [6, 6.07) is 15.5. The normalized spacial score (nSPS) is 18.5. The molecule has 2 aliphatic rings. The van der Waals surface area contributed by atoms with Gasteiger partial charge in [0.1, 0.15) is 12.1 Å². The van der Waals surface area contributed by atoms with Crippen LogP contribution >= 0.6 is 0 Å². The van der Waals surface area contributed by atoms with E-state index >= 15 is 0 Å². The maximum absolute atomic E-state index is 13.4. The van der Waals surface area contributed by atoms with Crippen molar-refractivity contribution in [3.63, 3.8) is 0 Å². The largest absolute Gasteiger partial charge is 0.352 e. The number of nitrogens with zero attached hydrogens (tertiary/aromatic N) is 2. The van der Waals surface area contributed by atoms with E-state index in [2.05, 4.69) is 22.8 Å². The number of allylic oxidation sites excluding steroid dienone is 1. The molecule has 0 aromatic heterocycles. The van der Waals surface area contributed by atoms with Gasteiger partial charge in [0.15, 0.2) is 0 Å². The zero-order valence-corrected chi connectivity index (χ0v) is 24.3. The lowest BCUT2D eigenvalue weighted by Gasteiger charge is -2.24. The van der Waals surface area contributed by atoms with Gasteiger partial charge in [0, 0.05) is 25.6 Å². The van der Waals surface area contributed by atoms with E-state index in [9.17, 15) is 23.3 Å². The summed E-state index contributed by atoms with van der Waals surface area (Å²) < 4.78 is 27.9. The van der Waals surface area contributed by atoms with Crippen LogP contribution in [0.3, 0.4) is 0 Å². The van der Waals surface area contributed by atoms with Gasteiger partial charge >= 0.3 is 0 Å². The molecule has 2 amide bonds. The standard InChI is InChI=1S/C31H38N4O4S/c1-21(2)17-28(34-30(36)19-25-18-23-9-4-6-12-27(23)22(25)3)31(37)33-26-11-8-15-35(16-14-26)40(38,39)29-13-7-5-10-24(29)20-32/h4-7,9-10,12-13,21,26,28H,8,11,14-19H2,1-3H3,(H,33,37)(H,34,36)/t26-,28+/m1/s1. The van der Waals surface area contributed by atoms with Gasteiger partial charge in [-0.05, 0) is 73.8 Å². The maximum atomic E-state index is 13.4. The first-order valence-electron chi connectivity index (χ1n) is 14.0. The Bertz CT molecular complexity index is 1440. The van der Waals surface area contributed by atoms with Gasteiger partial charge in [-0.15, -0.1) is 0 Å². The van der Waals surface area contributed by atoms with Crippen molar-refractivity contribution >= 4 is 27.4 Å². The molecule has 0 saturated carbocycles. The minimum absolute atomic E-state index is 0.00963. The number of fused-ring (bicyclic) bond motifs is 1. The summed E-state index contributed by atoms with van der Waals surface area (Å²) in [7, 11) is -3.83. The van der Waals surface area contributed by atoms with Crippen molar-refractivity contribution < 1.29 is 18.0 Å². The summed E-state index contributed by atoms with van der Waals surface area (Å²) in [5.74, 6) is -0.210. The van der Waals surface area contributed by atoms with Crippen LogP contribution in [0.25, 0.3) is 5.57 Å². The third kappa shape index (κ3) is 6.80. The fraction of sp³-hybridized carbons (Fsp3) is 0.452. The molecule has 0 radical (unpaired) electrons. The molecule has 0 bridgehead atoms. The first kappa shape index (κ1) is 29.5. The summed E-state index contributed by atoms with van der Waals surface area (Å²) in [6.45, 7) is 6.63. The molecule has 1 heterocycles. The molecule has 2 atom stereocenters.